The number of aromatic nitrogens is 2. The van der Waals surface area contributed by atoms with Crippen LogP contribution in [0.5, 0.6) is 0 Å². The average molecular weight is 646 g/mol. The third-order valence-corrected chi connectivity index (χ3v) is 8.56. The number of hydrazine groups is 1. The highest BCUT2D eigenvalue weighted by Gasteiger charge is 2.24. The first kappa shape index (κ1) is 33.8. The Balaban J connectivity index is 1.16. The minimum absolute atomic E-state index is 0.0163. The smallest absolute Gasteiger partial charge is 0.315 e. The highest BCUT2D eigenvalue weighted by Crippen LogP contribution is 2.28. The largest absolute Gasteiger partial charge is 0.403 e. The van der Waals surface area contributed by atoms with Gasteiger partial charge in [0.05, 0.1) is 16.8 Å². The van der Waals surface area contributed by atoms with E-state index >= 15 is 4.39 Å². The number of unbranched alkanes of at least 4 members (excludes halogenated alkanes) is 2. The molecular weight excluding hydrogens is 602 g/mol. The molecule has 0 unspecified atom stereocenters. The van der Waals surface area contributed by atoms with E-state index in [1.807, 2.05) is 0 Å². The Bertz CT molecular complexity index is 1390. The molecule has 2 aliphatic rings. The van der Waals surface area contributed by atoms with E-state index in [1.54, 1.807) is 6.07 Å². The summed E-state index contributed by atoms with van der Waals surface area (Å²) in [5, 5.41) is 12.2. The number of nitrogens with one attached hydrogen (secondary N) is 2. The Morgan fingerprint density at radius 3 is 2.09 bits per heavy atom. The van der Waals surface area contributed by atoms with Crippen molar-refractivity contribution in [1.82, 2.24) is 25.4 Å². The lowest BCUT2D eigenvalue weighted by Gasteiger charge is -2.28. The van der Waals surface area contributed by atoms with E-state index in [0.717, 1.165) is 63.5 Å². The van der Waals surface area contributed by atoms with Crippen LogP contribution in [-0.4, -0.2) is 90.6 Å². The van der Waals surface area contributed by atoms with Crippen molar-refractivity contribution < 1.29 is 26.8 Å². The Hall–Kier alpha value is -3.55. The van der Waals surface area contributed by atoms with Crippen LogP contribution in [0.3, 0.4) is 0 Å². The number of anilines is 2. The van der Waals surface area contributed by atoms with Crippen LogP contribution in [0.4, 0.5) is 29.3 Å². The van der Waals surface area contributed by atoms with E-state index in [9.17, 15) is 18.0 Å². The molecule has 3 aromatic rings. The first-order valence-corrected chi connectivity index (χ1v) is 16.3. The Labute approximate surface area is 267 Å². The number of likely N-dealkylation sites (tertiary alicyclic amines) is 2. The molecule has 2 aromatic carbocycles. The molecule has 0 atom stereocenters. The summed E-state index contributed by atoms with van der Waals surface area (Å²) >= 11 is 0. The monoisotopic (exact) mass is 645 g/mol. The Morgan fingerprint density at radius 2 is 1.46 bits per heavy atom. The SMILES string of the molecule is O=C(c1ccccc1F)N(NCCCCN1CCC(F)CC1)c1ccc(-c2nnc(NCCCCN3CCC(F)CC3)o2)c(F)c1. The molecular formula is C33H43F4N7O2. The molecule has 1 aromatic heterocycles. The molecule has 1 amide bonds. The van der Waals surface area contributed by atoms with Crippen LogP contribution < -0.4 is 15.8 Å². The number of piperidine rings is 2. The second kappa shape index (κ2) is 16.8. The van der Waals surface area contributed by atoms with Gasteiger partial charge in [0, 0.05) is 39.3 Å². The number of rotatable bonds is 15. The number of carbonyl (C=O) groups excluding carboxylic acids is 1. The van der Waals surface area contributed by atoms with E-state index in [2.05, 4.69) is 30.7 Å². The molecule has 5 rings (SSSR count). The number of alkyl halides is 2. The molecule has 0 aliphatic carbocycles. The van der Waals surface area contributed by atoms with Gasteiger partial charge in [0.2, 0.25) is 0 Å². The highest BCUT2D eigenvalue weighted by atomic mass is 19.1. The molecule has 46 heavy (non-hydrogen) atoms. The van der Waals surface area contributed by atoms with Gasteiger partial charge >= 0.3 is 6.01 Å². The summed E-state index contributed by atoms with van der Waals surface area (Å²) in [6.45, 7) is 5.76. The summed E-state index contributed by atoms with van der Waals surface area (Å²) in [7, 11) is 0. The maximum Gasteiger partial charge on any atom is 0.315 e. The van der Waals surface area contributed by atoms with E-state index in [1.165, 1.54) is 36.4 Å². The van der Waals surface area contributed by atoms with Gasteiger partial charge in [-0.1, -0.05) is 17.2 Å². The summed E-state index contributed by atoms with van der Waals surface area (Å²) in [5.41, 5.74) is 3.15. The number of halogens is 4. The van der Waals surface area contributed by atoms with Crippen LogP contribution in [0, 0.1) is 11.6 Å². The molecule has 0 saturated carbocycles. The highest BCUT2D eigenvalue weighted by molar-refractivity contribution is 6.05. The lowest BCUT2D eigenvalue weighted by Crippen LogP contribution is -2.44. The zero-order chi connectivity index (χ0) is 32.3. The minimum Gasteiger partial charge on any atom is -0.403 e. The lowest BCUT2D eigenvalue weighted by molar-refractivity contribution is 0.0969. The molecule has 9 nitrogen and oxygen atoms in total. The standard InChI is InChI=1S/C33H43F4N7O2/c34-24-11-19-42(20-12-24)17-5-3-15-38-33-41-40-31(46-33)27-10-9-26(23-30(27)37)44(32(45)28-7-1-2-8-29(28)36)39-16-4-6-18-43-21-13-25(35)14-22-43/h1-2,7-10,23-25,39H,3-6,11-22H2,(H,38,41). The van der Waals surface area contributed by atoms with Crippen molar-refractivity contribution in [2.24, 2.45) is 0 Å². The fourth-order valence-electron chi connectivity index (χ4n) is 5.81. The van der Waals surface area contributed by atoms with Gasteiger partial charge in [-0.15, -0.1) is 5.10 Å². The summed E-state index contributed by atoms with van der Waals surface area (Å²) in [5.74, 6) is -2.04. The Morgan fingerprint density at radius 1 is 0.826 bits per heavy atom. The molecule has 250 valence electrons. The first-order valence-electron chi connectivity index (χ1n) is 16.3. The predicted octanol–water partition coefficient (Wildman–Crippen LogP) is 6.01. The van der Waals surface area contributed by atoms with E-state index in [4.69, 9.17) is 4.42 Å². The zero-order valence-electron chi connectivity index (χ0n) is 26.1. The number of amides is 1. The van der Waals surface area contributed by atoms with Gasteiger partial charge < -0.3 is 19.5 Å². The third-order valence-electron chi connectivity index (χ3n) is 8.56. The zero-order valence-corrected chi connectivity index (χ0v) is 26.1. The van der Waals surface area contributed by atoms with Gasteiger partial charge in [-0.05, 0) is 94.8 Å². The fraction of sp³-hybridized carbons (Fsp3) is 0.545. The number of hydrogen-bond donors (Lipinski definition) is 2. The maximum atomic E-state index is 15.4. The van der Waals surface area contributed by atoms with Crippen molar-refractivity contribution in [3.63, 3.8) is 0 Å². The van der Waals surface area contributed by atoms with Crippen LogP contribution >= 0.6 is 0 Å². The van der Waals surface area contributed by atoms with Crippen LogP contribution in [-0.2, 0) is 0 Å². The normalized spacial score (nSPS) is 17.0. The number of nitrogens with zero attached hydrogens (tertiary/aromatic N) is 5. The summed E-state index contributed by atoms with van der Waals surface area (Å²) in [4.78, 5) is 17.9. The van der Waals surface area contributed by atoms with Gasteiger partial charge in [0.25, 0.3) is 11.8 Å². The van der Waals surface area contributed by atoms with E-state index in [0.29, 0.717) is 45.2 Å². The first-order chi connectivity index (χ1) is 22.4. The van der Waals surface area contributed by atoms with Crippen molar-refractivity contribution in [3.8, 4) is 11.5 Å². The van der Waals surface area contributed by atoms with Crippen molar-refractivity contribution in [3.05, 3.63) is 59.7 Å². The van der Waals surface area contributed by atoms with Crippen LogP contribution in [0.1, 0.15) is 61.7 Å². The molecule has 2 fully saturated rings. The van der Waals surface area contributed by atoms with E-state index in [-0.39, 0.29) is 28.7 Å². The van der Waals surface area contributed by atoms with Crippen molar-refractivity contribution in [1.29, 1.82) is 0 Å². The van der Waals surface area contributed by atoms with Crippen LogP contribution in [0.25, 0.3) is 11.5 Å². The summed E-state index contributed by atoms with van der Waals surface area (Å²) in [6.07, 6.45) is 4.22. The van der Waals surface area contributed by atoms with Gasteiger partial charge in [0.15, 0.2) is 0 Å². The minimum atomic E-state index is -0.722. The predicted molar refractivity (Wildman–Crippen MR) is 169 cm³/mol. The summed E-state index contributed by atoms with van der Waals surface area (Å²) in [6, 6.07) is 9.97. The van der Waals surface area contributed by atoms with Gasteiger partial charge in [-0.2, -0.15) is 0 Å². The van der Waals surface area contributed by atoms with Gasteiger partial charge in [0.1, 0.15) is 24.0 Å². The number of hydrogen-bond acceptors (Lipinski definition) is 8. The molecule has 0 spiro atoms. The molecule has 0 radical (unpaired) electrons. The van der Waals surface area contributed by atoms with E-state index < -0.39 is 29.9 Å². The Kier molecular flexibility index (Phi) is 12.4. The molecule has 13 heteroatoms. The van der Waals surface area contributed by atoms with Gasteiger partial charge in [-0.25, -0.2) is 28.0 Å². The van der Waals surface area contributed by atoms with Crippen molar-refractivity contribution in [2.45, 2.75) is 63.7 Å². The molecule has 3 heterocycles. The number of carbonyl (C=O) groups is 1. The average Bonchev–Trinajstić information content (AvgIpc) is 3.53. The molecule has 0 bridgehead atoms. The lowest BCUT2D eigenvalue weighted by atomic mass is 10.1. The molecule has 2 N–H and O–H groups in total. The molecule has 2 aliphatic heterocycles. The second-order valence-corrected chi connectivity index (χ2v) is 12.0. The second-order valence-electron chi connectivity index (χ2n) is 12.0. The van der Waals surface area contributed by atoms with Crippen LogP contribution in [0.2, 0.25) is 0 Å². The van der Waals surface area contributed by atoms with Crippen LogP contribution in [0.15, 0.2) is 46.9 Å². The fourth-order valence-corrected chi connectivity index (χ4v) is 5.81. The number of benzene rings is 2. The van der Waals surface area contributed by atoms with Crippen molar-refractivity contribution >= 4 is 17.6 Å². The maximum absolute atomic E-state index is 15.4. The topological polar surface area (TPSA) is 89.8 Å². The quantitative estimate of drug-likeness (QED) is 0.118. The molecule has 2 saturated heterocycles. The van der Waals surface area contributed by atoms with Crippen molar-refractivity contribution in [2.75, 3.05) is 62.7 Å². The summed E-state index contributed by atoms with van der Waals surface area (Å²) < 4.78 is 62.4. The third kappa shape index (κ3) is 9.49. The van der Waals surface area contributed by atoms with Gasteiger partial charge in [-0.3, -0.25) is 4.79 Å².